The van der Waals surface area contributed by atoms with E-state index in [1.165, 1.54) is 0 Å². The summed E-state index contributed by atoms with van der Waals surface area (Å²) in [5, 5.41) is 22.3. The molecule has 8 heteroatoms. The van der Waals surface area contributed by atoms with E-state index in [-0.39, 0.29) is 19.3 Å². The van der Waals surface area contributed by atoms with Crippen LogP contribution in [-0.4, -0.2) is 52.3 Å². The fraction of sp³-hybridized carbons (Fsp3) is 0.583. The van der Waals surface area contributed by atoms with Gasteiger partial charge in [0, 0.05) is 24.5 Å². The number of carboxylic acid groups (broad SMARTS) is 2. The first kappa shape index (κ1) is 18.3. The molecule has 0 saturated carbocycles. The maximum Gasteiger partial charge on any atom is 0.326 e. The number of amides is 2. The summed E-state index contributed by atoms with van der Waals surface area (Å²) in [6.45, 7) is 3.99. The SMILES string of the molecule is C=CCSCCNC(=O)N[C@H](CCCC(=O)O)C(=O)O. The Kier molecular flexibility index (Phi) is 10.2. The van der Waals surface area contributed by atoms with Gasteiger partial charge in [-0.3, -0.25) is 4.79 Å². The van der Waals surface area contributed by atoms with Crippen molar-refractivity contribution in [3.63, 3.8) is 0 Å². The molecule has 0 rings (SSSR count). The Morgan fingerprint density at radius 3 is 2.55 bits per heavy atom. The van der Waals surface area contributed by atoms with Gasteiger partial charge in [-0.05, 0) is 12.8 Å². The van der Waals surface area contributed by atoms with E-state index in [2.05, 4.69) is 17.2 Å². The van der Waals surface area contributed by atoms with Gasteiger partial charge in [-0.25, -0.2) is 9.59 Å². The third-order valence-electron chi connectivity index (χ3n) is 2.25. The molecule has 0 aromatic rings. The molecular formula is C12H20N2O5S. The van der Waals surface area contributed by atoms with E-state index in [0.29, 0.717) is 12.3 Å². The second-order valence-electron chi connectivity index (χ2n) is 3.94. The number of urea groups is 1. The molecule has 1 atom stereocenters. The van der Waals surface area contributed by atoms with Crippen molar-refractivity contribution in [2.24, 2.45) is 0 Å². The van der Waals surface area contributed by atoms with Crippen molar-refractivity contribution in [1.29, 1.82) is 0 Å². The van der Waals surface area contributed by atoms with Gasteiger partial charge < -0.3 is 20.8 Å². The number of aliphatic carboxylic acids is 2. The maximum atomic E-state index is 11.5. The zero-order valence-corrected chi connectivity index (χ0v) is 11.9. The molecule has 0 aromatic heterocycles. The van der Waals surface area contributed by atoms with Gasteiger partial charge in [0.2, 0.25) is 0 Å². The standard InChI is InChI=1S/C12H20N2O5S/c1-2-7-20-8-6-13-12(19)14-9(11(17)18)4-3-5-10(15)16/h2,9H,1,3-8H2,(H,15,16)(H,17,18)(H2,13,14,19)/t9-/m1/s1. The molecule has 0 aliphatic heterocycles. The Hall–Kier alpha value is -1.70. The summed E-state index contributed by atoms with van der Waals surface area (Å²) in [5.41, 5.74) is 0. The third kappa shape index (κ3) is 10.2. The number of hydrogen-bond donors (Lipinski definition) is 4. The summed E-state index contributed by atoms with van der Waals surface area (Å²) < 4.78 is 0. The first-order valence-electron chi connectivity index (χ1n) is 6.15. The van der Waals surface area contributed by atoms with E-state index < -0.39 is 24.0 Å². The van der Waals surface area contributed by atoms with Gasteiger partial charge in [-0.1, -0.05) is 6.08 Å². The minimum Gasteiger partial charge on any atom is -0.481 e. The highest BCUT2D eigenvalue weighted by atomic mass is 32.2. The van der Waals surface area contributed by atoms with Gasteiger partial charge in [-0.2, -0.15) is 11.8 Å². The van der Waals surface area contributed by atoms with Gasteiger partial charge in [0.15, 0.2) is 0 Å². The van der Waals surface area contributed by atoms with Crippen LogP contribution < -0.4 is 10.6 Å². The van der Waals surface area contributed by atoms with Crippen molar-refractivity contribution in [2.45, 2.75) is 25.3 Å². The second-order valence-corrected chi connectivity index (χ2v) is 5.09. The summed E-state index contributed by atoms with van der Waals surface area (Å²) in [7, 11) is 0. The number of rotatable bonds is 11. The summed E-state index contributed by atoms with van der Waals surface area (Å²) in [6.07, 6.45) is 1.92. The molecule has 0 aliphatic rings. The summed E-state index contributed by atoms with van der Waals surface area (Å²) in [6, 6.07) is -1.64. The minimum absolute atomic E-state index is 0.0836. The average molecular weight is 304 g/mol. The van der Waals surface area contributed by atoms with Crippen LogP contribution in [0.2, 0.25) is 0 Å². The summed E-state index contributed by atoms with van der Waals surface area (Å²) >= 11 is 1.60. The molecule has 0 unspecified atom stereocenters. The van der Waals surface area contributed by atoms with E-state index in [0.717, 1.165) is 5.75 Å². The summed E-state index contributed by atoms with van der Waals surface area (Å²) in [4.78, 5) is 32.7. The zero-order chi connectivity index (χ0) is 15.4. The van der Waals surface area contributed by atoms with E-state index >= 15 is 0 Å². The number of carbonyl (C=O) groups excluding carboxylic acids is 1. The first-order chi connectivity index (χ1) is 9.47. The van der Waals surface area contributed by atoms with Crippen LogP contribution in [0.4, 0.5) is 4.79 Å². The number of thioether (sulfide) groups is 1. The molecule has 0 saturated heterocycles. The Morgan fingerprint density at radius 1 is 1.30 bits per heavy atom. The third-order valence-corrected chi connectivity index (χ3v) is 3.22. The van der Waals surface area contributed by atoms with Gasteiger partial charge in [0.25, 0.3) is 0 Å². The highest BCUT2D eigenvalue weighted by Crippen LogP contribution is 2.02. The topological polar surface area (TPSA) is 116 Å². The van der Waals surface area contributed by atoms with Crippen LogP contribution >= 0.6 is 11.8 Å². The molecule has 114 valence electrons. The van der Waals surface area contributed by atoms with E-state index in [1.54, 1.807) is 17.8 Å². The number of carboxylic acids is 2. The normalized spacial score (nSPS) is 11.4. The van der Waals surface area contributed by atoms with Crippen LogP contribution in [0.3, 0.4) is 0 Å². The molecule has 0 aliphatic carbocycles. The van der Waals surface area contributed by atoms with E-state index in [1.807, 2.05) is 0 Å². The monoisotopic (exact) mass is 304 g/mol. The largest absolute Gasteiger partial charge is 0.481 e. The lowest BCUT2D eigenvalue weighted by atomic mass is 10.1. The predicted molar refractivity (Wildman–Crippen MR) is 77.0 cm³/mol. The lowest BCUT2D eigenvalue weighted by Crippen LogP contribution is -2.46. The second kappa shape index (κ2) is 11.2. The molecule has 0 aromatic carbocycles. The van der Waals surface area contributed by atoms with Crippen LogP contribution in [0.15, 0.2) is 12.7 Å². The van der Waals surface area contributed by atoms with Crippen molar-refractivity contribution in [1.82, 2.24) is 10.6 Å². The first-order valence-corrected chi connectivity index (χ1v) is 7.30. The van der Waals surface area contributed by atoms with Crippen LogP contribution in [0.25, 0.3) is 0 Å². The molecule has 0 bridgehead atoms. The Bertz CT molecular complexity index is 349. The molecule has 4 N–H and O–H groups in total. The maximum absolute atomic E-state index is 11.5. The Balaban J connectivity index is 3.92. The number of hydrogen-bond acceptors (Lipinski definition) is 4. The fourth-order valence-corrected chi connectivity index (χ4v) is 1.91. The molecule has 2 amide bonds. The highest BCUT2D eigenvalue weighted by molar-refractivity contribution is 7.99. The van der Waals surface area contributed by atoms with Crippen molar-refractivity contribution < 1.29 is 24.6 Å². The smallest absolute Gasteiger partial charge is 0.326 e. The molecule has 7 nitrogen and oxygen atoms in total. The number of carbonyl (C=O) groups is 3. The quantitative estimate of drug-likeness (QED) is 0.333. The molecule has 0 radical (unpaired) electrons. The molecule has 20 heavy (non-hydrogen) atoms. The Labute approximate surface area is 121 Å². The molecular weight excluding hydrogens is 284 g/mol. The van der Waals surface area contributed by atoms with Crippen molar-refractivity contribution in [2.75, 3.05) is 18.1 Å². The summed E-state index contributed by atoms with van der Waals surface area (Å²) in [5.74, 6) is -0.670. The average Bonchev–Trinajstić information content (AvgIpc) is 2.36. The fourth-order valence-electron chi connectivity index (χ4n) is 1.33. The lowest BCUT2D eigenvalue weighted by molar-refractivity contribution is -0.140. The van der Waals surface area contributed by atoms with Crippen molar-refractivity contribution >= 4 is 29.7 Å². The van der Waals surface area contributed by atoms with E-state index in [4.69, 9.17) is 10.2 Å². The molecule has 0 heterocycles. The molecule has 0 fully saturated rings. The Morgan fingerprint density at radius 2 is 2.00 bits per heavy atom. The predicted octanol–water partition coefficient (Wildman–Crippen LogP) is 0.913. The van der Waals surface area contributed by atoms with Crippen molar-refractivity contribution in [3.8, 4) is 0 Å². The van der Waals surface area contributed by atoms with Crippen LogP contribution in [-0.2, 0) is 9.59 Å². The van der Waals surface area contributed by atoms with Crippen LogP contribution in [0.5, 0.6) is 0 Å². The van der Waals surface area contributed by atoms with Crippen LogP contribution in [0.1, 0.15) is 19.3 Å². The van der Waals surface area contributed by atoms with Gasteiger partial charge >= 0.3 is 18.0 Å². The van der Waals surface area contributed by atoms with Crippen LogP contribution in [0, 0.1) is 0 Å². The zero-order valence-electron chi connectivity index (χ0n) is 11.1. The van der Waals surface area contributed by atoms with Crippen molar-refractivity contribution in [3.05, 3.63) is 12.7 Å². The van der Waals surface area contributed by atoms with Gasteiger partial charge in [0.05, 0.1) is 0 Å². The lowest BCUT2D eigenvalue weighted by Gasteiger charge is -2.14. The van der Waals surface area contributed by atoms with Gasteiger partial charge in [0.1, 0.15) is 6.04 Å². The number of nitrogens with one attached hydrogen (secondary N) is 2. The van der Waals surface area contributed by atoms with Gasteiger partial charge in [-0.15, -0.1) is 6.58 Å². The molecule has 0 spiro atoms. The highest BCUT2D eigenvalue weighted by Gasteiger charge is 2.19. The van der Waals surface area contributed by atoms with E-state index in [9.17, 15) is 14.4 Å². The minimum atomic E-state index is -1.17.